The van der Waals surface area contributed by atoms with Crippen LogP contribution in [0.2, 0.25) is 5.02 Å². The zero-order valence-corrected chi connectivity index (χ0v) is 20.0. The van der Waals surface area contributed by atoms with Crippen LogP contribution in [-0.4, -0.2) is 54.1 Å². The molecule has 0 saturated carbocycles. The molecule has 0 atom stereocenters. The molecule has 0 bridgehead atoms. The van der Waals surface area contributed by atoms with Gasteiger partial charge in [0.25, 0.3) is 11.6 Å². The average Bonchev–Trinajstić information content (AvgIpc) is 2.73. The Labute approximate surface area is 198 Å². The third-order valence-electron chi connectivity index (χ3n) is 4.95. The number of nitrogens with zero attached hydrogens (tertiary/aromatic N) is 3. The van der Waals surface area contributed by atoms with Crippen LogP contribution in [0.15, 0.2) is 34.8 Å². The molecular weight excluding hydrogens is 508 g/mol. The fraction of sp³-hybridized carbons (Fsp3) is 0.300. The fourth-order valence-electron chi connectivity index (χ4n) is 3.51. The summed E-state index contributed by atoms with van der Waals surface area (Å²) in [5, 5.41) is 14.7. The summed E-state index contributed by atoms with van der Waals surface area (Å²) in [4.78, 5) is 27.5. The number of aryl methyl sites for hydroxylation is 1. The second-order valence-electron chi connectivity index (χ2n) is 6.90. The van der Waals surface area contributed by atoms with Crippen LogP contribution in [0, 0.1) is 17.0 Å². The second-order valence-corrected chi connectivity index (χ2v) is 8.61. The monoisotopic (exact) mass is 526 g/mol. The van der Waals surface area contributed by atoms with Gasteiger partial charge in [-0.15, -0.1) is 0 Å². The van der Waals surface area contributed by atoms with E-state index in [-0.39, 0.29) is 16.7 Å². The number of hydrogen-bond donors (Lipinski definition) is 1. The number of para-hydroxylation sites is 1. The normalized spacial score (nSPS) is 13.7. The molecule has 1 N–H and O–H groups in total. The van der Waals surface area contributed by atoms with Crippen LogP contribution in [-0.2, 0) is 0 Å². The Balaban J connectivity index is 1.68. The maximum absolute atomic E-state index is 12.8. The number of anilines is 1. The van der Waals surface area contributed by atoms with Crippen molar-refractivity contribution in [2.24, 2.45) is 0 Å². The summed E-state index contributed by atoms with van der Waals surface area (Å²) >= 11 is 15.1. The van der Waals surface area contributed by atoms with Crippen molar-refractivity contribution in [3.05, 3.63) is 61.1 Å². The van der Waals surface area contributed by atoms with E-state index in [4.69, 9.17) is 28.6 Å². The summed E-state index contributed by atoms with van der Waals surface area (Å²) in [6.45, 7) is 3.76. The van der Waals surface area contributed by atoms with Gasteiger partial charge in [0, 0.05) is 36.7 Å². The number of methoxy groups -OCH3 is 1. The lowest BCUT2D eigenvalue weighted by molar-refractivity contribution is -0.384. The molecule has 0 spiro atoms. The highest BCUT2D eigenvalue weighted by molar-refractivity contribution is 9.10. The molecule has 1 aliphatic heterocycles. The molecule has 3 rings (SSSR count). The number of carbonyl (C=O) groups excluding carboxylic acids is 1. The number of nitro benzene ring substituents is 1. The van der Waals surface area contributed by atoms with E-state index < -0.39 is 4.92 Å². The van der Waals surface area contributed by atoms with E-state index in [1.165, 1.54) is 13.2 Å². The number of benzene rings is 2. The number of halogens is 2. The van der Waals surface area contributed by atoms with Crippen molar-refractivity contribution in [1.29, 1.82) is 0 Å². The second kappa shape index (κ2) is 9.80. The van der Waals surface area contributed by atoms with Crippen molar-refractivity contribution < 1.29 is 14.5 Å². The number of nitrogens with one attached hydrogen (secondary N) is 1. The molecule has 1 saturated heterocycles. The zero-order valence-electron chi connectivity index (χ0n) is 16.9. The van der Waals surface area contributed by atoms with Gasteiger partial charge in [-0.05, 0) is 42.9 Å². The molecular formula is C20H20BrClN4O4S. The third-order valence-corrected chi connectivity index (χ3v) is 6.08. The molecule has 31 heavy (non-hydrogen) atoms. The summed E-state index contributed by atoms with van der Waals surface area (Å²) in [6, 6.07) is 8.17. The lowest BCUT2D eigenvalue weighted by Gasteiger charge is -2.37. The van der Waals surface area contributed by atoms with Crippen LogP contribution >= 0.6 is 39.7 Å². The van der Waals surface area contributed by atoms with Gasteiger partial charge in [-0.3, -0.25) is 20.2 Å². The van der Waals surface area contributed by atoms with Gasteiger partial charge in [0.1, 0.15) is 11.4 Å². The number of hydrogen-bond acceptors (Lipinski definition) is 6. The summed E-state index contributed by atoms with van der Waals surface area (Å²) in [5.41, 5.74) is 1.57. The quantitative estimate of drug-likeness (QED) is 0.363. The van der Waals surface area contributed by atoms with E-state index in [1.807, 2.05) is 22.8 Å². The molecule has 0 aliphatic carbocycles. The van der Waals surface area contributed by atoms with E-state index >= 15 is 0 Å². The van der Waals surface area contributed by atoms with Crippen molar-refractivity contribution in [1.82, 2.24) is 10.2 Å². The first kappa shape index (κ1) is 23.2. The van der Waals surface area contributed by atoms with Crippen LogP contribution < -0.4 is 15.0 Å². The molecule has 2 aromatic carbocycles. The first-order chi connectivity index (χ1) is 14.7. The lowest BCUT2D eigenvalue weighted by atomic mass is 10.1. The highest BCUT2D eigenvalue weighted by Crippen LogP contribution is 2.36. The van der Waals surface area contributed by atoms with Gasteiger partial charge in [-0.1, -0.05) is 33.6 Å². The number of nitro groups is 1. The largest absolute Gasteiger partial charge is 0.496 e. The number of amides is 1. The smallest absolute Gasteiger partial charge is 0.294 e. The SMILES string of the molecule is COc1c(C)cc(Br)cc1C(=O)NC(=S)N1CCN(c2c(Cl)cccc2[N+](=O)[O-])CC1. The minimum Gasteiger partial charge on any atom is -0.496 e. The third kappa shape index (κ3) is 5.08. The van der Waals surface area contributed by atoms with E-state index in [1.54, 1.807) is 18.2 Å². The predicted octanol–water partition coefficient (Wildman–Crippen LogP) is 4.16. The Morgan fingerprint density at radius 3 is 2.58 bits per heavy atom. The van der Waals surface area contributed by atoms with Gasteiger partial charge in [0.15, 0.2) is 5.11 Å². The Morgan fingerprint density at radius 2 is 1.97 bits per heavy atom. The van der Waals surface area contributed by atoms with Gasteiger partial charge in [-0.25, -0.2) is 0 Å². The fourth-order valence-corrected chi connectivity index (χ4v) is 4.65. The molecule has 1 amide bonds. The summed E-state index contributed by atoms with van der Waals surface area (Å²) in [5.74, 6) is 0.120. The maximum Gasteiger partial charge on any atom is 0.294 e. The summed E-state index contributed by atoms with van der Waals surface area (Å²) in [6.07, 6.45) is 0. The molecule has 8 nitrogen and oxygen atoms in total. The highest BCUT2D eigenvalue weighted by atomic mass is 79.9. The standard InChI is InChI=1S/C20H20BrClN4O4S/c1-12-10-13(21)11-14(18(12)30-2)19(27)23-20(31)25-8-6-24(7-9-25)17-15(22)4-3-5-16(17)26(28)29/h3-5,10-11H,6-9H2,1-2H3,(H,23,27,31). The topological polar surface area (TPSA) is 88.0 Å². The minimum atomic E-state index is -0.439. The number of thiocarbonyl (C=S) groups is 1. The maximum atomic E-state index is 12.8. The number of carbonyl (C=O) groups is 1. The molecule has 164 valence electrons. The first-order valence-electron chi connectivity index (χ1n) is 9.35. The molecule has 11 heteroatoms. The minimum absolute atomic E-state index is 0.0334. The zero-order chi connectivity index (χ0) is 22.7. The van der Waals surface area contributed by atoms with Crippen LogP contribution in [0.25, 0.3) is 0 Å². The number of rotatable bonds is 4. The highest BCUT2D eigenvalue weighted by Gasteiger charge is 2.27. The summed E-state index contributed by atoms with van der Waals surface area (Å²) < 4.78 is 6.13. The van der Waals surface area contributed by atoms with E-state index in [2.05, 4.69) is 21.2 Å². The van der Waals surface area contributed by atoms with Crippen LogP contribution in [0.1, 0.15) is 15.9 Å². The predicted molar refractivity (Wildman–Crippen MR) is 127 cm³/mol. The van der Waals surface area contributed by atoms with E-state index in [9.17, 15) is 14.9 Å². The summed E-state index contributed by atoms with van der Waals surface area (Å²) in [7, 11) is 1.51. The van der Waals surface area contributed by atoms with Gasteiger partial charge in [0.2, 0.25) is 0 Å². The van der Waals surface area contributed by atoms with E-state index in [0.717, 1.165) is 10.0 Å². The van der Waals surface area contributed by atoms with Crippen molar-refractivity contribution in [3.8, 4) is 5.75 Å². The van der Waals surface area contributed by atoms with Crippen molar-refractivity contribution in [2.45, 2.75) is 6.92 Å². The van der Waals surface area contributed by atoms with Crippen molar-refractivity contribution >= 4 is 62.1 Å². The molecule has 0 aromatic heterocycles. The Morgan fingerprint density at radius 1 is 1.29 bits per heavy atom. The molecule has 2 aromatic rings. The van der Waals surface area contributed by atoms with E-state index in [0.29, 0.717) is 48.2 Å². The van der Waals surface area contributed by atoms with Crippen LogP contribution in [0.4, 0.5) is 11.4 Å². The van der Waals surface area contributed by atoms with Gasteiger partial charge in [0.05, 0.1) is 22.6 Å². The average molecular weight is 528 g/mol. The molecule has 0 radical (unpaired) electrons. The van der Waals surface area contributed by atoms with Crippen LogP contribution in [0.5, 0.6) is 5.75 Å². The number of ether oxygens (including phenoxy) is 1. The van der Waals surface area contributed by atoms with Gasteiger partial charge in [-0.2, -0.15) is 0 Å². The number of piperazine rings is 1. The van der Waals surface area contributed by atoms with Gasteiger partial charge < -0.3 is 14.5 Å². The first-order valence-corrected chi connectivity index (χ1v) is 10.9. The Hall–Kier alpha value is -2.43. The lowest BCUT2D eigenvalue weighted by Crippen LogP contribution is -2.52. The molecule has 1 fully saturated rings. The molecule has 0 unspecified atom stereocenters. The molecule has 1 aliphatic rings. The van der Waals surface area contributed by atoms with Crippen LogP contribution in [0.3, 0.4) is 0 Å². The molecule has 1 heterocycles. The Kier molecular flexibility index (Phi) is 7.34. The van der Waals surface area contributed by atoms with Crippen molar-refractivity contribution in [3.63, 3.8) is 0 Å². The Bertz CT molecular complexity index is 1040. The van der Waals surface area contributed by atoms with Gasteiger partial charge >= 0.3 is 0 Å². The van der Waals surface area contributed by atoms with Crippen molar-refractivity contribution in [2.75, 3.05) is 38.2 Å².